The monoisotopic (exact) mass is 274 g/mol. The van der Waals surface area contributed by atoms with Crippen molar-refractivity contribution < 1.29 is 8.42 Å². The van der Waals surface area contributed by atoms with Crippen LogP contribution in [0.15, 0.2) is 53.4 Å². The fourth-order valence-electron chi connectivity index (χ4n) is 2.50. The van der Waals surface area contributed by atoms with Gasteiger partial charge in [0.15, 0.2) is 0 Å². The minimum atomic E-state index is -3.39. The number of nitrogens with two attached hydrogens (primary N) is 1. The number of fused-ring (bicyclic) bond motifs is 1. The molecule has 4 nitrogen and oxygen atoms in total. The maximum absolute atomic E-state index is 12.3. The highest BCUT2D eigenvalue weighted by Gasteiger charge is 2.40. The average molecular weight is 274 g/mol. The molecule has 0 aromatic heterocycles. The highest BCUT2D eigenvalue weighted by atomic mass is 32.2. The summed E-state index contributed by atoms with van der Waals surface area (Å²) in [4.78, 5) is 0.388. The van der Waals surface area contributed by atoms with Gasteiger partial charge >= 0.3 is 0 Å². The molecule has 1 atom stereocenters. The van der Waals surface area contributed by atoms with Gasteiger partial charge in [0.1, 0.15) is 0 Å². The summed E-state index contributed by atoms with van der Waals surface area (Å²) in [5, 5.41) is 0. The van der Waals surface area contributed by atoms with E-state index in [1.54, 1.807) is 31.3 Å². The van der Waals surface area contributed by atoms with E-state index in [1.807, 2.05) is 24.3 Å². The van der Waals surface area contributed by atoms with Crippen molar-refractivity contribution in [3.8, 4) is 0 Å². The van der Waals surface area contributed by atoms with Crippen molar-refractivity contribution in [2.75, 3.05) is 12.8 Å². The topological polar surface area (TPSA) is 63.4 Å². The Kier molecular flexibility index (Phi) is 2.62. The van der Waals surface area contributed by atoms with Gasteiger partial charge < -0.3 is 5.73 Å². The molecular formula is C14H14N2O2S. The Balaban J connectivity index is 2.21. The molecule has 0 aliphatic carbocycles. The van der Waals surface area contributed by atoms with Gasteiger partial charge in [0.2, 0.25) is 10.0 Å². The van der Waals surface area contributed by atoms with Crippen molar-refractivity contribution in [3.63, 3.8) is 0 Å². The largest absolute Gasteiger partial charge is 0.399 e. The number of hydrogen-bond donors (Lipinski definition) is 1. The van der Waals surface area contributed by atoms with Crippen molar-refractivity contribution >= 4 is 15.7 Å². The Morgan fingerprint density at radius 1 is 1.05 bits per heavy atom. The Bertz CT molecular complexity index is 723. The third-order valence-electron chi connectivity index (χ3n) is 3.49. The lowest BCUT2D eigenvalue weighted by molar-refractivity contribution is 0.440. The molecule has 0 spiro atoms. The SMILES string of the molecule is CN1C(c2ccc(N)cc2)c2ccccc2S1(=O)=O. The minimum absolute atomic E-state index is 0.276. The number of nitrogens with zero attached hydrogens (tertiary/aromatic N) is 1. The third-order valence-corrected chi connectivity index (χ3v) is 5.38. The molecule has 19 heavy (non-hydrogen) atoms. The van der Waals surface area contributed by atoms with E-state index in [1.165, 1.54) is 4.31 Å². The summed E-state index contributed by atoms with van der Waals surface area (Å²) in [7, 11) is -1.78. The van der Waals surface area contributed by atoms with Gasteiger partial charge in [-0.3, -0.25) is 0 Å². The van der Waals surface area contributed by atoms with Gasteiger partial charge in [0, 0.05) is 12.7 Å². The first kappa shape index (κ1) is 12.2. The smallest absolute Gasteiger partial charge is 0.244 e. The van der Waals surface area contributed by atoms with Crippen LogP contribution in [0.4, 0.5) is 5.69 Å². The van der Waals surface area contributed by atoms with Crippen molar-refractivity contribution in [1.29, 1.82) is 0 Å². The van der Waals surface area contributed by atoms with Crippen molar-refractivity contribution in [1.82, 2.24) is 4.31 Å². The van der Waals surface area contributed by atoms with Crippen LogP contribution in [-0.4, -0.2) is 19.8 Å². The molecule has 0 radical (unpaired) electrons. The van der Waals surface area contributed by atoms with Crippen LogP contribution in [-0.2, 0) is 10.0 Å². The summed E-state index contributed by atoms with van der Waals surface area (Å²) in [5.74, 6) is 0. The summed E-state index contributed by atoms with van der Waals surface area (Å²) in [6, 6.07) is 14.2. The van der Waals surface area contributed by atoms with Gasteiger partial charge in [-0.1, -0.05) is 30.3 Å². The highest BCUT2D eigenvalue weighted by Crippen LogP contribution is 2.41. The minimum Gasteiger partial charge on any atom is -0.399 e. The number of anilines is 1. The second-order valence-corrected chi connectivity index (χ2v) is 6.59. The quantitative estimate of drug-likeness (QED) is 0.809. The summed E-state index contributed by atoms with van der Waals surface area (Å²) >= 11 is 0. The van der Waals surface area contributed by atoms with Gasteiger partial charge in [-0.15, -0.1) is 0 Å². The second-order valence-electron chi connectivity index (χ2n) is 4.63. The first-order chi connectivity index (χ1) is 9.01. The van der Waals surface area contributed by atoms with E-state index in [2.05, 4.69) is 0 Å². The van der Waals surface area contributed by atoms with Gasteiger partial charge in [0.05, 0.1) is 10.9 Å². The summed E-state index contributed by atoms with van der Waals surface area (Å²) in [6.07, 6.45) is 0. The molecule has 2 aromatic rings. The molecule has 98 valence electrons. The van der Waals surface area contributed by atoms with Crippen LogP contribution in [0.3, 0.4) is 0 Å². The Morgan fingerprint density at radius 2 is 1.68 bits per heavy atom. The number of nitrogen functional groups attached to an aromatic ring is 1. The number of sulfonamides is 1. The molecule has 0 saturated heterocycles. The maximum Gasteiger partial charge on any atom is 0.244 e. The molecule has 1 aliphatic rings. The summed E-state index contributed by atoms with van der Waals surface area (Å²) in [5.41, 5.74) is 8.08. The lowest BCUT2D eigenvalue weighted by Crippen LogP contribution is -2.24. The van der Waals surface area contributed by atoms with Crippen molar-refractivity contribution in [2.45, 2.75) is 10.9 Å². The van der Waals surface area contributed by atoms with Crippen molar-refractivity contribution in [2.24, 2.45) is 0 Å². The zero-order valence-corrected chi connectivity index (χ0v) is 11.3. The predicted molar refractivity (Wildman–Crippen MR) is 74.1 cm³/mol. The Labute approximate surface area is 112 Å². The van der Waals surface area contributed by atoms with E-state index in [0.29, 0.717) is 10.6 Å². The van der Waals surface area contributed by atoms with Crippen LogP contribution >= 0.6 is 0 Å². The van der Waals surface area contributed by atoms with E-state index >= 15 is 0 Å². The van der Waals surface area contributed by atoms with Crippen LogP contribution in [0.1, 0.15) is 17.2 Å². The van der Waals surface area contributed by atoms with Gasteiger partial charge in [-0.2, -0.15) is 4.31 Å². The fourth-order valence-corrected chi connectivity index (χ4v) is 4.05. The molecule has 1 aliphatic heterocycles. The molecule has 1 heterocycles. The normalized spacial score (nSPS) is 21.2. The molecule has 2 aromatic carbocycles. The fraction of sp³-hybridized carbons (Fsp3) is 0.143. The molecule has 0 amide bonds. The first-order valence-electron chi connectivity index (χ1n) is 5.94. The van der Waals surface area contributed by atoms with Gasteiger partial charge in [-0.05, 0) is 29.3 Å². The predicted octanol–water partition coefficient (Wildman–Crippen LogP) is 1.99. The standard InChI is InChI=1S/C14H14N2O2S/c1-16-14(10-6-8-11(15)9-7-10)12-4-2-3-5-13(12)19(16,17)18/h2-9,14H,15H2,1H3. The van der Waals surface area contributed by atoms with Gasteiger partial charge in [0.25, 0.3) is 0 Å². The van der Waals surface area contributed by atoms with E-state index < -0.39 is 10.0 Å². The van der Waals surface area contributed by atoms with E-state index in [9.17, 15) is 8.42 Å². The van der Waals surface area contributed by atoms with E-state index in [0.717, 1.165) is 11.1 Å². The molecule has 0 bridgehead atoms. The average Bonchev–Trinajstić information content (AvgIpc) is 2.60. The molecule has 0 fully saturated rings. The van der Waals surface area contributed by atoms with Crippen LogP contribution in [0.2, 0.25) is 0 Å². The van der Waals surface area contributed by atoms with E-state index in [-0.39, 0.29) is 6.04 Å². The zero-order valence-electron chi connectivity index (χ0n) is 10.4. The number of rotatable bonds is 1. The number of benzene rings is 2. The third kappa shape index (κ3) is 1.74. The molecule has 2 N–H and O–H groups in total. The first-order valence-corrected chi connectivity index (χ1v) is 7.38. The molecular weight excluding hydrogens is 260 g/mol. The van der Waals surface area contributed by atoms with Gasteiger partial charge in [-0.25, -0.2) is 8.42 Å². The lowest BCUT2D eigenvalue weighted by atomic mass is 9.99. The van der Waals surface area contributed by atoms with E-state index in [4.69, 9.17) is 5.73 Å². The molecule has 0 saturated carbocycles. The molecule has 5 heteroatoms. The molecule has 3 rings (SSSR count). The Morgan fingerprint density at radius 3 is 2.37 bits per heavy atom. The van der Waals surface area contributed by atoms with Crippen LogP contribution in [0.25, 0.3) is 0 Å². The van der Waals surface area contributed by atoms with Crippen LogP contribution in [0.5, 0.6) is 0 Å². The zero-order chi connectivity index (χ0) is 13.6. The second kappa shape index (κ2) is 4.08. The van der Waals surface area contributed by atoms with Crippen LogP contribution in [0, 0.1) is 0 Å². The number of hydrogen-bond acceptors (Lipinski definition) is 3. The maximum atomic E-state index is 12.3. The molecule has 1 unspecified atom stereocenters. The Hall–Kier alpha value is -1.85. The summed E-state index contributed by atoms with van der Waals surface area (Å²) in [6.45, 7) is 0. The highest BCUT2D eigenvalue weighted by molar-refractivity contribution is 7.89. The summed E-state index contributed by atoms with van der Waals surface area (Å²) < 4.78 is 26.1. The van der Waals surface area contributed by atoms with Crippen molar-refractivity contribution in [3.05, 3.63) is 59.7 Å². The van der Waals surface area contributed by atoms with Crippen LogP contribution < -0.4 is 5.73 Å². The lowest BCUT2D eigenvalue weighted by Gasteiger charge is -2.19.